The maximum absolute atomic E-state index is 14.0. The number of carbonyl (C=O) groups is 1. The van der Waals surface area contributed by atoms with Gasteiger partial charge in [-0.2, -0.15) is 0 Å². The fourth-order valence-corrected chi connectivity index (χ4v) is 5.90. The van der Waals surface area contributed by atoms with Gasteiger partial charge in [0.25, 0.3) is 0 Å². The summed E-state index contributed by atoms with van der Waals surface area (Å²) in [6.07, 6.45) is 3.20. The van der Waals surface area contributed by atoms with E-state index in [9.17, 15) is 4.79 Å². The Hall–Kier alpha value is -2.61. The Labute approximate surface area is 213 Å². The van der Waals surface area contributed by atoms with Crippen LogP contribution in [0.3, 0.4) is 0 Å². The quantitative estimate of drug-likeness (QED) is 0.605. The van der Waals surface area contributed by atoms with Crippen molar-refractivity contribution in [2.24, 2.45) is 0 Å². The zero-order valence-corrected chi connectivity index (χ0v) is 21.5. The Bertz CT molecular complexity index is 1140. The molecule has 0 aliphatic carbocycles. The van der Waals surface area contributed by atoms with E-state index in [0.717, 1.165) is 67.3 Å². The molecule has 1 unspecified atom stereocenters. The molecule has 4 aliphatic heterocycles. The summed E-state index contributed by atoms with van der Waals surface area (Å²) in [5.41, 5.74) is 1.96. The summed E-state index contributed by atoms with van der Waals surface area (Å²) < 4.78 is 24.3. The molecule has 2 saturated heterocycles. The summed E-state index contributed by atoms with van der Waals surface area (Å²) in [6, 6.07) is 14.1. The molecule has 36 heavy (non-hydrogen) atoms. The van der Waals surface area contributed by atoms with Crippen molar-refractivity contribution in [3.8, 4) is 11.5 Å². The van der Waals surface area contributed by atoms with E-state index in [0.29, 0.717) is 19.9 Å². The average molecular weight is 493 g/mol. The number of fused-ring (bicyclic) bond motifs is 4. The monoisotopic (exact) mass is 492 g/mol. The second-order valence-electron chi connectivity index (χ2n) is 11.4. The number of benzene rings is 2. The van der Waals surface area contributed by atoms with Crippen LogP contribution >= 0.6 is 0 Å². The lowest BCUT2D eigenvalue weighted by molar-refractivity contribution is -0.122. The van der Waals surface area contributed by atoms with Crippen LogP contribution in [-0.2, 0) is 19.7 Å². The highest BCUT2D eigenvalue weighted by molar-refractivity contribution is 6.11. The van der Waals surface area contributed by atoms with Gasteiger partial charge in [0, 0.05) is 37.0 Å². The molecule has 4 heterocycles. The number of para-hydroxylation sites is 1. The van der Waals surface area contributed by atoms with Crippen molar-refractivity contribution < 1.29 is 23.7 Å². The van der Waals surface area contributed by atoms with Crippen LogP contribution in [0, 0.1) is 0 Å². The SMILES string of the molecule is CC(C)(C)OCN1CC[C@H](Oc2ccc3c(c2)OCC32C(=O)N(C[C@H]3CCCO3)c3ccccc32)C1. The maximum Gasteiger partial charge on any atom is 0.245 e. The lowest BCUT2D eigenvalue weighted by Gasteiger charge is -2.25. The van der Waals surface area contributed by atoms with E-state index in [1.807, 2.05) is 41.3 Å². The number of rotatable bonds is 6. The molecule has 3 atom stereocenters. The highest BCUT2D eigenvalue weighted by atomic mass is 16.5. The van der Waals surface area contributed by atoms with Gasteiger partial charge < -0.3 is 23.8 Å². The van der Waals surface area contributed by atoms with Crippen molar-refractivity contribution in [2.45, 2.75) is 63.3 Å². The molecule has 0 N–H and O–H groups in total. The van der Waals surface area contributed by atoms with Crippen molar-refractivity contribution in [3.05, 3.63) is 53.6 Å². The zero-order valence-electron chi connectivity index (χ0n) is 21.5. The van der Waals surface area contributed by atoms with Crippen LogP contribution in [0.5, 0.6) is 11.5 Å². The molecular formula is C29H36N2O5. The molecule has 2 aromatic carbocycles. The molecule has 192 valence electrons. The minimum absolute atomic E-state index is 0.0805. The summed E-state index contributed by atoms with van der Waals surface area (Å²) in [7, 11) is 0. The smallest absolute Gasteiger partial charge is 0.245 e. The van der Waals surface area contributed by atoms with Gasteiger partial charge in [0.05, 0.1) is 25.0 Å². The van der Waals surface area contributed by atoms with Gasteiger partial charge in [0.1, 0.15) is 29.6 Å². The first kappa shape index (κ1) is 23.8. The number of likely N-dealkylation sites (tertiary alicyclic amines) is 1. The van der Waals surface area contributed by atoms with Gasteiger partial charge in [-0.05, 0) is 57.7 Å². The van der Waals surface area contributed by atoms with Gasteiger partial charge in [-0.15, -0.1) is 0 Å². The molecule has 2 aromatic rings. The van der Waals surface area contributed by atoms with Gasteiger partial charge in [-0.3, -0.25) is 9.69 Å². The molecule has 6 rings (SSSR count). The first-order valence-corrected chi connectivity index (χ1v) is 13.2. The molecule has 7 heteroatoms. The number of amides is 1. The van der Waals surface area contributed by atoms with Crippen molar-refractivity contribution in [1.82, 2.24) is 4.90 Å². The van der Waals surface area contributed by atoms with E-state index in [2.05, 4.69) is 31.7 Å². The number of carbonyl (C=O) groups excluding carboxylic acids is 1. The molecule has 0 radical (unpaired) electrons. The predicted octanol–water partition coefficient (Wildman–Crippen LogP) is 4.12. The minimum atomic E-state index is -0.808. The van der Waals surface area contributed by atoms with Crippen molar-refractivity contribution in [1.29, 1.82) is 0 Å². The highest BCUT2D eigenvalue weighted by Crippen LogP contribution is 2.53. The number of ether oxygens (including phenoxy) is 4. The molecule has 7 nitrogen and oxygen atoms in total. The third-order valence-corrected chi connectivity index (χ3v) is 7.74. The van der Waals surface area contributed by atoms with Crippen molar-refractivity contribution in [2.75, 3.05) is 44.5 Å². The largest absolute Gasteiger partial charge is 0.491 e. The molecule has 1 amide bonds. The van der Waals surface area contributed by atoms with Gasteiger partial charge in [0.15, 0.2) is 0 Å². The van der Waals surface area contributed by atoms with Crippen LogP contribution in [0.1, 0.15) is 51.2 Å². The fraction of sp³-hybridized carbons (Fsp3) is 0.552. The Morgan fingerprint density at radius 3 is 2.78 bits per heavy atom. The molecule has 0 saturated carbocycles. The van der Waals surface area contributed by atoms with E-state index in [4.69, 9.17) is 18.9 Å². The predicted molar refractivity (Wildman–Crippen MR) is 137 cm³/mol. The lowest BCUT2D eigenvalue weighted by atomic mass is 9.77. The van der Waals surface area contributed by atoms with Crippen molar-refractivity contribution >= 4 is 11.6 Å². The number of anilines is 1. The van der Waals surface area contributed by atoms with Crippen molar-refractivity contribution in [3.63, 3.8) is 0 Å². The molecule has 2 fully saturated rings. The number of nitrogens with zero attached hydrogens (tertiary/aromatic N) is 2. The van der Waals surface area contributed by atoms with Gasteiger partial charge in [-0.25, -0.2) is 0 Å². The van der Waals surface area contributed by atoms with E-state index in [1.54, 1.807) is 0 Å². The molecule has 1 spiro atoms. The molecule has 0 bridgehead atoms. The Kier molecular flexibility index (Phi) is 5.97. The second-order valence-corrected chi connectivity index (χ2v) is 11.4. The van der Waals surface area contributed by atoms with Gasteiger partial charge in [0.2, 0.25) is 5.91 Å². The van der Waals surface area contributed by atoms with Gasteiger partial charge in [-0.1, -0.05) is 24.3 Å². The van der Waals surface area contributed by atoms with E-state index >= 15 is 0 Å². The Balaban J connectivity index is 1.20. The third kappa shape index (κ3) is 4.17. The average Bonchev–Trinajstić information content (AvgIpc) is 3.64. The summed E-state index contributed by atoms with van der Waals surface area (Å²) >= 11 is 0. The number of hydrogen-bond acceptors (Lipinski definition) is 6. The van der Waals surface area contributed by atoms with Crippen LogP contribution in [0.25, 0.3) is 0 Å². The maximum atomic E-state index is 14.0. The summed E-state index contributed by atoms with van der Waals surface area (Å²) in [6.45, 7) is 10.3. The van der Waals surface area contributed by atoms with Crippen LogP contribution in [0.2, 0.25) is 0 Å². The minimum Gasteiger partial charge on any atom is -0.491 e. The summed E-state index contributed by atoms with van der Waals surface area (Å²) in [5, 5.41) is 0. The van der Waals surface area contributed by atoms with Crippen LogP contribution < -0.4 is 14.4 Å². The van der Waals surface area contributed by atoms with Crippen LogP contribution in [0.15, 0.2) is 42.5 Å². The lowest BCUT2D eigenvalue weighted by Crippen LogP contribution is -2.44. The summed E-state index contributed by atoms with van der Waals surface area (Å²) in [5.74, 6) is 1.60. The first-order valence-electron chi connectivity index (χ1n) is 13.2. The van der Waals surface area contributed by atoms with Gasteiger partial charge >= 0.3 is 0 Å². The first-order chi connectivity index (χ1) is 17.3. The normalized spacial score (nSPS) is 27.5. The van der Waals surface area contributed by atoms with E-state index < -0.39 is 5.41 Å². The summed E-state index contributed by atoms with van der Waals surface area (Å²) in [4.78, 5) is 18.2. The van der Waals surface area contributed by atoms with E-state index in [1.165, 1.54) is 0 Å². The molecule has 0 aromatic heterocycles. The third-order valence-electron chi connectivity index (χ3n) is 7.74. The highest BCUT2D eigenvalue weighted by Gasteiger charge is 2.57. The Morgan fingerprint density at radius 2 is 1.97 bits per heavy atom. The van der Waals surface area contributed by atoms with E-state index in [-0.39, 0.29) is 23.7 Å². The fourth-order valence-electron chi connectivity index (χ4n) is 5.90. The zero-order chi connectivity index (χ0) is 24.9. The second kappa shape index (κ2) is 9.05. The number of hydrogen-bond donors (Lipinski definition) is 0. The molecule has 4 aliphatic rings. The standard InChI is InChI=1S/C29H36N2O5/c1-28(2,3)35-19-30-13-12-22(16-30)36-20-10-11-24-26(15-20)34-18-29(24)23-8-4-5-9-25(23)31(27(29)32)17-21-7-6-14-33-21/h4-5,8-11,15,21-22H,6-7,12-14,16-19H2,1-3H3/t21-,22+,29?/m1/s1. The van der Waals surface area contributed by atoms with Crippen LogP contribution in [-0.4, -0.2) is 68.2 Å². The topological polar surface area (TPSA) is 60.5 Å². The van der Waals surface area contributed by atoms with Crippen LogP contribution in [0.4, 0.5) is 5.69 Å². The molecular weight excluding hydrogens is 456 g/mol. The Morgan fingerprint density at radius 1 is 1.11 bits per heavy atom.